The molecule has 0 spiro atoms. The van der Waals surface area contributed by atoms with Gasteiger partial charge in [0.1, 0.15) is 5.75 Å². The molecule has 3 aromatic rings. The second-order valence-corrected chi connectivity index (χ2v) is 5.93. The lowest BCUT2D eigenvalue weighted by Gasteiger charge is -2.11. The molecule has 1 amide bonds. The van der Waals surface area contributed by atoms with Gasteiger partial charge in [-0.25, -0.2) is 4.98 Å². The van der Waals surface area contributed by atoms with Crippen molar-refractivity contribution in [1.29, 1.82) is 0 Å². The number of nitrogens with zero attached hydrogens (tertiary/aromatic N) is 2. The zero-order valence-electron chi connectivity index (χ0n) is 14.6. The molecule has 0 aliphatic rings. The Labute approximate surface area is 145 Å². The quantitative estimate of drug-likeness (QED) is 0.797. The summed E-state index contributed by atoms with van der Waals surface area (Å²) in [6, 6.07) is 10.7. The van der Waals surface area contributed by atoms with E-state index in [-0.39, 0.29) is 5.69 Å². The topological polar surface area (TPSA) is 73.2 Å². The van der Waals surface area contributed by atoms with Crippen molar-refractivity contribution in [3.05, 3.63) is 63.6 Å². The lowest BCUT2D eigenvalue weighted by atomic mass is 10.1. The molecule has 0 saturated carbocycles. The van der Waals surface area contributed by atoms with E-state index >= 15 is 0 Å². The molecule has 0 unspecified atom stereocenters. The number of nitrogens with one attached hydrogen (secondary N) is 1. The van der Waals surface area contributed by atoms with Crippen molar-refractivity contribution in [3.8, 4) is 5.75 Å². The Morgan fingerprint density at radius 2 is 1.76 bits per heavy atom. The molecule has 128 valence electrons. The van der Waals surface area contributed by atoms with Gasteiger partial charge in [0.05, 0.1) is 18.1 Å². The Morgan fingerprint density at radius 3 is 2.40 bits per heavy atom. The summed E-state index contributed by atoms with van der Waals surface area (Å²) in [5.41, 5.74) is 3.45. The highest BCUT2D eigenvalue weighted by Gasteiger charge is 2.17. The van der Waals surface area contributed by atoms with E-state index < -0.39 is 11.5 Å². The van der Waals surface area contributed by atoms with E-state index in [1.807, 2.05) is 26.0 Å². The molecule has 0 atom stereocenters. The summed E-state index contributed by atoms with van der Waals surface area (Å²) in [6.07, 6.45) is 0. The van der Waals surface area contributed by atoms with E-state index in [9.17, 15) is 9.59 Å². The number of benzene rings is 2. The fourth-order valence-electron chi connectivity index (χ4n) is 2.59. The third kappa shape index (κ3) is 3.10. The largest absolute Gasteiger partial charge is 0.497 e. The first-order valence-corrected chi connectivity index (χ1v) is 7.84. The van der Waals surface area contributed by atoms with Crippen molar-refractivity contribution in [2.75, 3.05) is 12.4 Å². The number of rotatable bonds is 3. The Balaban J connectivity index is 2.02. The van der Waals surface area contributed by atoms with Gasteiger partial charge in [-0.3, -0.25) is 9.59 Å². The zero-order chi connectivity index (χ0) is 18.1. The normalized spacial score (nSPS) is 10.7. The number of anilines is 1. The number of amides is 1. The first kappa shape index (κ1) is 16.7. The first-order chi connectivity index (χ1) is 11.9. The maximum Gasteiger partial charge on any atom is 0.282 e. The van der Waals surface area contributed by atoms with Gasteiger partial charge in [0.15, 0.2) is 5.69 Å². The van der Waals surface area contributed by atoms with Gasteiger partial charge in [-0.1, -0.05) is 0 Å². The Kier molecular flexibility index (Phi) is 4.27. The highest BCUT2D eigenvalue weighted by molar-refractivity contribution is 6.03. The van der Waals surface area contributed by atoms with Gasteiger partial charge in [0.25, 0.3) is 11.5 Å². The number of aromatic nitrogens is 2. The van der Waals surface area contributed by atoms with Gasteiger partial charge in [-0.15, -0.1) is 0 Å². The smallest absolute Gasteiger partial charge is 0.282 e. The number of carbonyl (C=O) groups is 1. The first-order valence-electron chi connectivity index (χ1n) is 7.84. The minimum Gasteiger partial charge on any atom is -0.497 e. The van der Waals surface area contributed by atoms with Crippen molar-refractivity contribution < 1.29 is 9.53 Å². The van der Waals surface area contributed by atoms with Crippen LogP contribution in [0.5, 0.6) is 5.75 Å². The van der Waals surface area contributed by atoms with E-state index in [1.165, 1.54) is 4.57 Å². The highest BCUT2D eigenvalue weighted by atomic mass is 16.5. The lowest BCUT2D eigenvalue weighted by molar-refractivity contribution is 0.102. The number of carbonyl (C=O) groups excluding carboxylic acids is 1. The van der Waals surface area contributed by atoms with E-state index in [0.29, 0.717) is 22.5 Å². The lowest BCUT2D eigenvalue weighted by Crippen LogP contribution is -2.29. The summed E-state index contributed by atoms with van der Waals surface area (Å²) in [7, 11) is 3.21. The second kappa shape index (κ2) is 6.39. The molecule has 0 radical (unpaired) electrons. The molecule has 1 aromatic heterocycles. The third-order valence-electron chi connectivity index (χ3n) is 4.25. The van der Waals surface area contributed by atoms with Gasteiger partial charge in [0, 0.05) is 12.7 Å². The number of fused-ring (bicyclic) bond motifs is 1. The molecule has 6 heteroatoms. The maximum absolute atomic E-state index is 12.5. The predicted octanol–water partition coefficient (Wildman–Crippen LogP) is 2.81. The monoisotopic (exact) mass is 337 g/mol. The number of ether oxygens (including phenoxy) is 1. The zero-order valence-corrected chi connectivity index (χ0v) is 14.6. The summed E-state index contributed by atoms with van der Waals surface area (Å²) in [5, 5.41) is 2.70. The molecule has 3 rings (SSSR count). The van der Waals surface area contributed by atoms with Gasteiger partial charge in [-0.05, 0) is 61.4 Å². The Bertz CT molecular complexity index is 1020. The SMILES string of the molecule is COc1ccc(NC(=O)c2nc3cc(C)c(C)cc3n(C)c2=O)cc1. The summed E-state index contributed by atoms with van der Waals surface area (Å²) >= 11 is 0. The van der Waals surface area contributed by atoms with Crippen molar-refractivity contribution in [2.45, 2.75) is 13.8 Å². The van der Waals surface area contributed by atoms with Crippen molar-refractivity contribution >= 4 is 22.6 Å². The molecule has 1 heterocycles. The molecule has 25 heavy (non-hydrogen) atoms. The van der Waals surface area contributed by atoms with Crippen LogP contribution in [0.2, 0.25) is 0 Å². The van der Waals surface area contributed by atoms with Crippen LogP contribution in [0.25, 0.3) is 11.0 Å². The average Bonchev–Trinajstić information content (AvgIpc) is 2.60. The summed E-state index contributed by atoms with van der Waals surface area (Å²) in [5.74, 6) is 0.148. The standard InChI is InChI=1S/C19H19N3O3/c1-11-9-15-16(10-12(11)2)22(3)19(24)17(21-15)18(23)20-13-5-7-14(25-4)8-6-13/h5-10H,1-4H3,(H,20,23). The second-order valence-electron chi connectivity index (χ2n) is 5.93. The molecule has 0 saturated heterocycles. The number of hydrogen-bond donors (Lipinski definition) is 1. The van der Waals surface area contributed by atoms with Gasteiger partial charge in [0.2, 0.25) is 0 Å². The summed E-state index contributed by atoms with van der Waals surface area (Å²) in [4.78, 5) is 29.3. The highest BCUT2D eigenvalue weighted by Crippen LogP contribution is 2.18. The Hall–Kier alpha value is -3.15. The minimum atomic E-state index is -0.536. The van der Waals surface area contributed by atoms with Crippen LogP contribution in [0.1, 0.15) is 21.6 Å². The minimum absolute atomic E-state index is 0.130. The molecule has 0 bridgehead atoms. The van der Waals surface area contributed by atoms with E-state index in [0.717, 1.165) is 11.1 Å². The molecule has 0 aliphatic heterocycles. The van der Waals surface area contributed by atoms with E-state index in [4.69, 9.17) is 4.74 Å². The van der Waals surface area contributed by atoms with Crippen LogP contribution in [-0.4, -0.2) is 22.6 Å². The average molecular weight is 337 g/mol. The molecule has 0 fully saturated rings. The van der Waals surface area contributed by atoms with Crippen LogP contribution in [-0.2, 0) is 7.05 Å². The van der Waals surface area contributed by atoms with Gasteiger partial charge < -0.3 is 14.6 Å². The van der Waals surface area contributed by atoms with Crippen molar-refractivity contribution in [1.82, 2.24) is 9.55 Å². The summed E-state index contributed by atoms with van der Waals surface area (Å²) < 4.78 is 6.54. The van der Waals surface area contributed by atoms with E-state index in [2.05, 4.69) is 10.3 Å². The van der Waals surface area contributed by atoms with Gasteiger partial charge in [-0.2, -0.15) is 0 Å². The molecular formula is C19H19N3O3. The van der Waals surface area contributed by atoms with Crippen LogP contribution in [0.4, 0.5) is 5.69 Å². The van der Waals surface area contributed by atoms with Crippen LogP contribution in [0, 0.1) is 13.8 Å². The number of hydrogen-bond acceptors (Lipinski definition) is 4. The molecular weight excluding hydrogens is 318 g/mol. The summed E-state index contributed by atoms with van der Waals surface area (Å²) in [6.45, 7) is 3.95. The fourth-order valence-corrected chi connectivity index (χ4v) is 2.59. The van der Waals surface area contributed by atoms with Gasteiger partial charge >= 0.3 is 0 Å². The van der Waals surface area contributed by atoms with Crippen LogP contribution in [0.15, 0.2) is 41.2 Å². The van der Waals surface area contributed by atoms with Crippen molar-refractivity contribution in [3.63, 3.8) is 0 Å². The van der Waals surface area contributed by atoms with Crippen LogP contribution < -0.4 is 15.6 Å². The van der Waals surface area contributed by atoms with Crippen LogP contribution >= 0.6 is 0 Å². The molecule has 6 nitrogen and oxygen atoms in total. The molecule has 0 aliphatic carbocycles. The van der Waals surface area contributed by atoms with E-state index in [1.54, 1.807) is 38.4 Å². The maximum atomic E-state index is 12.5. The Morgan fingerprint density at radius 1 is 1.12 bits per heavy atom. The fraction of sp³-hybridized carbons (Fsp3) is 0.211. The number of aryl methyl sites for hydroxylation is 3. The molecule has 1 N–H and O–H groups in total. The predicted molar refractivity (Wildman–Crippen MR) is 97.4 cm³/mol. The van der Waals surface area contributed by atoms with Crippen LogP contribution in [0.3, 0.4) is 0 Å². The third-order valence-corrected chi connectivity index (χ3v) is 4.25. The number of methoxy groups -OCH3 is 1. The van der Waals surface area contributed by atoms with Crippen molar-refractivity contribution in [2.24, 2.45) is 7.05 Å². The molecule has 2 aromatic carbocycles.